The molecule has 3 aliphatic carbocycles. The average Bonchev–Trinajstić information content (AvgIpc) is 3.74. The highest BCUT2D eigenvalue weighted by Crippen LogP contribution is 2.65. The van der Waals surface area contributed by atoms with Crippen LogP contribution in [0.15, 0.2) is 212 Å². The minimum atomic E-state index is -0.432. The van der Waals surface area contributed by atoms with Crippen molar-refractivity contribution >= 4 is 17.1 Å². The molecular formula is C55H35N. The van der Waals surface area contributed by atoms with Crippen LogP contribution in [0, 0.1) is 0 Å². The van der Waals surface area contributed by atoms with Gasteiger partial charge in [0.1, 0.15) is 0 Å². The lowest BCUT2D eigenvalue weighted by Crippen LogP contribution is -2.26. The van der Waals surface area contributed by atoms with E-state index in [1.165, 1.54) is 94.7 Å². The van der Waals surface area contributed by atoms with E-state index >= 15 is 0 Å². The largest absolute Gasteiger partial charge is 0.309 e. The Kier molecular flexibility index (Phi) is 6.62. The van der Waals surface area contributed by atoms with E-state index in [1.54, 1.807) is 0 Å². The fraction of sp³-hybridized carbons (Fsp3) is 0.0182. The highest BCUT2D eigenvalue weighted by Gasteiger charge is 2.52. The molecular weight excluding hydrogens is 675 g/mol. The van der Waals surface area contributed by atoms with Crippen LogP contribution in [0.3, 0.4) is 0 Å². The first kappa shape index (κ1) is 31.2. The Labute approximate surface area is 327 Å². The first-order valence-corrected chi connectivity index (χ1v) is 19.5. The van der Waals surface area contributed by atoms with Crippen molar-refractivity contribution in [3.05, 3.63) is 235 Å². The number of nitrogens with zero attached hydrogens (tertiary/aromatic N) is 1. The van der Waals surface area contributed by atoms with Crippen molar-refractivity contribution in [2.24, 2.45) is 0 Å². The van der Waals surface area contributed by atoms with Gasteiger partial charge >= 0.3 is 0 Å². The fourth-order valence-electron chi connectivity index (χ4n) is 10.4. The Balaban J connectivity index is 1.20. The monoisotopic (exact) mass is 709 g/mol. The zero-order valence-electron chi connectivity index (χ0n) is 30.7. The third kappa shape index (κ3) is 4.09. The van der Waals surface area contributed by atoms with Crippen LogP contribution in [-0.2, 0) is 5.41 Å². The minimum absolute atomic E-state index is 0.432. The minimum Gasteiger partial charge on any atom is -0.309 e. The molecule has 9 aromatic rings. The van der Waals surface area contributed by atoms with Crippen LogP contribution < -0.4 is 4.90 Å². The molecule has 0 radical (unpaired) electrons. The summed E-state index contributed by atoms with van der Waals surface area (Å²) in [6, 6.07) is 78.9. The van der Waals surface area contributed by atoms with Gasteiger partial charge in [0.2, 0.25) is 0 Å². The van der Waals surface area contributed by atoms with Crippen molar-refractivity contribution in [2.75, 3.05) is 4.90 Å². The van der Waals surface area contributed by atoms with Gasteiger partial charge in [-0.2, -0.15) is 0 Å². The van der Waals surface area contributed by atoms with Crippen molar-refractivity contribution in [3.63, 3.8) is 0 Å². The molecule has 0 amide bonds. The van der Waals surface area contributed by atoms with Gasteiger partial charge in [0, 0.05) is 16.8 Å². The summed E-state index contributed by atoms with van der Waals surface area (Å²) in [7, 11) is 0. The SMILES string of the molecule is c1ccc(N(c2cccc3c2-c2ccccc2-c2ccccc2-c2ccccc2-3)c2cccc3c2-c2ccccc2C32c3ccccc3-c3ccccc32)cc1. The lowest BCUT2D eigenvalue weighted by Gasteiger charge is -2.33. The molecule has 12 rings (SSSR count). The molecule has 9 aromatic carbocycles. The molecule has 1 nitrogen and oxygen atoms in total. The van der Waals surface area contributed by atoms with Crippen LogP contribution in [0.1, 0.15) is 22.3 Å². The molecule has 0 saturated heterocycles. The van der Waals surface area contributed by atoms with Gasteiger partial charge in [0.05, 0.1) is 16.8 Å². The maximum atomic E-state index is 2.53. The summed E-state index contributed by atoms with van der Waals surface area (Å²) in [4.78, 5) is 2.53. The average molecular weight is 710 g/mol. The van der Waals surface area contributed by atoms with E-state index in [4.69, 9.17) is 0 Å². The van der Waals surface area contributed by atoms with Gasteiger partial charge in [0.25, 0.3) is 0 Å². The van der Waals surface area contributed by atoms with Crippen molar-refractivity contribution in [1.29, 1.82) is 0 Å². The van der Waals surface area contributed by atoms with E-state index in [0.717, 1.165) is 11.4 Å². The maximum Gasteiger partial charge on any atom is 0.0726 e. The number of para-hydroxylation sites is 1. The van der Waals surface area contributed by atoms with Gasteiger partial charge in [0.15, 0.2) is 0 Å². The topological polar surface area (TPSA) is 3.24 Å². The summed E-state index contributed by atoms with van der Waals surface area (Å²) in [5.74, 6) is 0. The molecule has 0 N–H and O–H groups in total. The molecule has 0 bridgehead atoms. The summed E-state index contributed by atoms with van der Waals surface area (Å²) in [5.41, 5.74) is 23.5. The quantitative estimate of drug-likeness (QED) is 0.177. The van der Waals surface area contributed by atoms with E-state index in [0.29, 0.717) is 0 Å². The first-order chi connectivity index (χ1) is 27.8. The molecule has 0 saturated carbocycles. The van der Waals surface area contributed by atoms with E-state index in [1.807, 2.05) is 0 Å². The van der Waals surface area contributed by atoms with Crippen LogP contribution in [-0.4, -0.2) is 0 Å². The van der Waals surface area contributed by atoms with Gasteiger partial charge in [-0.3, -0.25) is 0 Å². The third-order valence-corrected chi connectivity index (χ3v) is 12.5. The maximum absolute atomic E-state index is 2.53. The molecule has 0 aromatic heterocycles. The Bertz CT molecular complexity index is 2990. The van der Waals surface area contributed by atoms with Crippen molar-refractivity contribution in [1.82, 2.24) is 0 Å². The second-order valence-electron chi connectivity index (χ2n) is 15.1. The highest BCUT2D eigenvalue weighted by molar-refractivity contribution is 6.09. The molecule has 0 fully saturated rings. The number of hydrogen-bond acceptors (Lipinski definition) is 1. The molecule has 1 heteroatoms. The van der Waals surface area contributed by atoms with Gasteiger partial charge in [-0.15, -0.1) is 0 Å². The van der Waals surface area contributed by atoms with Crippen LogP contribution in [0.2, 0.25) is 0 Å². The fourth-order valence-corrected chi connectivity index (χ4v) is 10.4. The predicted molar refractivity (Wildman–Crippen MR) is 233 cm³/mol. The molecule has 1 spiro atoms. The Hall–Kier alpha value is -7.22. The highest BCUT2D eigenvalue weighted by atomic mass is 15.1. The molecule has 56 heavy (non-hydrogen) atoms. The lowest BCUT2D eigenvalue weighted by atomic mass is 9.70. The third-order valence-electron chi connectivity index (χ3n) is 12.5. The summed E-state index contributed by atoms with van der Waals surface area (Å²) < 4.78 is 0. The molecule has 0 unspecified atom stereocenters. The molecule has 260 valence electrons. The first-order valence-electron chi connectivity index (χ1n) is 19.5. The zero-order valence-corrected chi connectivity index (χ0v) is 30.7. The van der Waals surface area contributed by atoms with Gasteiger partial charge in [-0.1, -0.05) is 188 Å². The van der Waals surface area contributed by atoms with E-state index in [2.05, 4.69) is 217 Å². The van der Waals surface area contributed by atoms with E-state index in [-0.39, 0.29) is 0 Å². The van der Waals surface area contributed by atoms with Crippen LogP contribution in [0.5, 0.6) is 0 Å². The summed E-state index contributed by atoms with van der Waals surface area (Å²) in [6.45, 7) is 0. The van der Waals surface area contributed by atoms with Gasteiger partial charge < -0.3 is 4.90 Å². The Morgan fingerprint density at radius 3 is 1.16 bits per heavy atom. The number of fused-ring (bicyclic) bond motifs is 18. The van der Waals surface area contributed by atoms with E-state index < -0.39 is 5.41 Å². The van der Waals surface area contributed by atoms with Crippen LogP contribution in [0.4, 0.5) is 17.1 Å². The molecule has 0 aliphatic heterocycles. The van der Waals surface area contributed by atoms with Crippen LogP contribution in [0.25, 0.3) is 66.8 Å². The standard InChI is InChI=1S/C55H35N/c1-2-18-36(19-3-1)56(51-34-16-29-45-41-23-7-6-22-39(41)37-20-4-5-21-38(37)40-24-8-9-27-44(40)53(45)51)52-35-17-33-50-54(52)46-28-12-15-32-49(46)55(50)47-30-13-10-25-42(47)43-26-11-14-31-48(43)55/h1-35H. The number of benzene rings is 9. The van der Waals surface area contributed by atoms with Crippen molar-refractivity contribution in [3.8, 4) is 66.8 Å². The smallest absolute Gasteiger partial charge is 0.0726 e. The van der Waals surface area contributed by atoms with E-state index in [9.17, 15) is 0 Å². The molecule has 0 atom stereocenters. The number of hydrogen-bond donors (Lipinski definition) is 0. The Morgan fingerprint density at radius 1 is 0.232 bits per heavy atom. The van der Waals surface area contributed by atoms with Crippen molar-refractivity contribution in [2.45, 2.75) is 5.41 Å². The molecule has 0 heterocycles. The second kappa shape index (κ2) is 11.9. The molecule has 3 aliphatic rings. The summed E-state index contributed by atoms with van der Waals surface area (Å²) in [5, 5.41) is 0. The van der Waals surface area contributed by atoms with Gasteiger partial charge in [-0.25, -0.2) is 0 Å². The number of rotatable bonds is 3. The zero-order chi connectivity index (χ0) is 36.8. The normalized spacial score (nSPS) is 13.1. The summed E-state index contributed by atoms with van der Waals surface area (Å²) in [6.07, 6.45) is 0. The second-order valence-corrected chi connectivity index (χ2v) is 15.1. The lowest BCUT2D eigenvalue weighted by molar-refractivity contribution is 0.794. The van der Waals surface area contributed by atoms with Crippen LogP contribution >= 0.6 is 0 Å². The predicted octanol–water partition coefficient (Wildman–Crippen LogP) is 14.5. The number of anilines is 3. The van der Waals surface area contributed by atoms with Gasteiger partial charge in [-0.05, 0) is 102 Å². The van der Waals surface area contributed by atoms with Crippen molar-refractivity contribution < 1.29 is 0 Å². The summed E-state index contributed by atoms with van der Waals surface area (Å²) >= 11 is 0. The Morgan fingerprint density at radius 2 is 0.589 bits per heavy atom.